The summed E-state index contributed by atoms with van der Waals surface area (Å²) in [5.74, 6) is -0.104. The van der Waals surface area contributed by atoms with Crippen LogP contribution in [0, 0.1) is 0 Å². The van der Waals surface area contributed by atoms with E-state index in [0.717, 1.165) is 0 Å². The molecule has 0 aromatic heterocycles. The predicted octanol–water partition coefficient (Wildman–Crippen LogP) is 1.59. The molecule has 1 saturated carbocycles. The van der Waals surface area contributed by atoms with E-state index in [-0.39, 0.29) is 0 Å². The average Bonchev–Trinajstić information content (AvgIpc) is 2.66. The van der Waals surface area contributed by atoms with Gasteiger partial charge in [0.1, 0.15) is 0 Å². The molecule has 1 aliphatic carbocycles. The average molecular weight is 218 g/mol. The van der Waals surface area contributed by atoms with Gasteiger partial charge < -0.3 is 9.84 Å². The first kappa shape index (κ1) is 11.9. The van der Waals surface area contributed by atoms with Crippen LogP contribution in [0.4, 0.5) is 0 Å². The highest BCUT2D eigenvalue weighted by atomic mass is 32.2. The van der Waals surface area contributed by atoms with Gasteiger partial charge in [0.2, 0.25) is 0 Å². The maximum Gasteiger partial charge on any atom is 0.338 e. The molecule has 0 heterocycles. The molecule has 3 nitrogen and oxygen atoms in total. The second kappa shape index (κ2) is 5.03. The van der Waals surface area contributed by atoms with Crippen LogP contribution in [0.2, 0.25) is 0 Å². The molecule has 0 amide bonds. The third kappa shape index (κ3) is 3.17. The largest absolute Gasteiger partial charge is 0.467 e. The number of aliphatic hydroxyl groups is 1. The van der Waals surface area contributed by atoms with Crippen molar-refractivity contribution >= 4 is 17.7 Å². The number of carbonyl (C=O) groups excluding carboxylic acids is 1. The van der Waals surface area contributed by atoms with Crippen LogP contribution in [-0.4, -0.2) is 34.8 Å². The molecule has 1 fully saturated rings. The third-order valence-corrected chi connectivity index (χ3v) is 4.20. The molecule has 82 valence electrons. The number of hydrogen-bond acceptors (Lipinski definition) is 4. The SMILES string of the molecule is COC(=O)C(C)(O)CSC1CCCC1. The Morgan fingerprint density at radius 1 is 1.57 bits per heavy atom. The lowest BCUT2D eigenvalue weighted by Gasteiger charge is -2.21. The lowest BCUT2D eigenvalue weighted by atomic mass is 10.1. The van der Waals surface area contributed by atoms with Crippen molar-refractivity contribution in [3.63, 3.8) is 0 Å². The number of ether oxygens (including phenoxy) is 1. The Bertz CT molecular complexity index is 198. The van der Waals surface area contributed by atoms with Crippen molar-refractivity contribution in [1.29, 1.82) is 0 Å². The highest BCUT2D eigenvalue weighted by Crippen LogP contribution is 2.31. The Hall–Kier alpha value is -0.220. The van der Waals surface area contributed by atoms with Crippen LogP contribution in [0.5, 0.6) is 0 Å². The fourth-order valence-corrected chi connectivity index (χ4v) is 2.96. The molecule has 4 heteroatoms. The molecule has 0 aromatic rings. The van der Waals surface area contributed by atoms with Gasteiger partial charge in [-0.15, -0.1) is 0 Å². The second-order valence-electron chi connectivity index (χ2n) is 3.98. The zero-order valence-electron chi connectivity index (χ0n) is 8.78. The molecule has 1 rings (SSSR count). The lowest BCUT2D eigenvalue weighted by Crippen LogP contribution is -2.39. The van der Waals surface area contributed by atoms with E-state index in [9.17, 15) is 9.90 Å². The summed E-state index contributed by atoms with van der Waals surface area (Å²) in [6.07, 6.45) is 4.97. The van der Waals surface area contributed by atoms with Gasteiger partial charge >= 0.3 is 5.97 Å². The molecule has 1 unspecified atom stereocenters. The van der Waals surface area contributed by atoms with Gasteiger partial charge in [-0.1, -0.05) is 12.8 Å². The maximum atomic E-state index is 11.2. The van der Waals surface area contributed by atoms with Gasteiger partial charge in [-0.2, -0.15) is 11.8 Å². The zero-order valence-corrected chi connectivity index (χ0v) is 9.60. The summed E-state index contributed by atoms with van der Waals surface area (Å²) in [5.41, 5.74) is -1.33. The highest BCUT2D eigenvalue weighted by molar-refractivity contribution is 8.00. The molecule has 1 N–H and O–H groups in total. The first-order valence-electron chi connectivity index (χ1n) is 4.98. The molecule has 14 heavy (non-hydrogen) atoms. The molecule has 0 spiro atoms. The maximum absolute atomic E-state index is 11.2. The van der Waals surface area contributed by atoms with Crippen molar-refractivity contribution in [3.05, 3.63) is 0 Å². The number of esters is 1. The summed E-state index contributed by atoms with van der Waals surface area (Å²) in [6, 6.07) is 0. The van der Waals surface area contributed by atoms with Crippen molar-refractivity contribution in [2.24, 2.45) is 0 Å². The molecular formula is C10H18O3S. The van der Waals surface area contributed by atoms with E-state index in [1.54, 1.807) is 11.8 Å². The summed E-state index contributed by atoms with van der Waals surface area (Å²) in [5, 5.41) is 10.4. The number of hydrogen-bond donors (Lipinski definition) is 1. The van der Waals surface area contributed by atoms with E-state index < -0.39 is 11.6 Å². The summed E-state index contributed by atoms with van der Waals surface area (Å²) in [7, 11) is 1.30. The smallest absolute Gasteiger partial charge is 0.338 e. The topological polar surface area (TPSA) is 46.5 Å². The Labute approximate surface area is 89.2 Å². The van der Waals surface area contributed by atoms with Crippen LogP contribution >= 0.6 is 11.8 Å². The number of carbonyl (C=O) groups is 1. The van der Waals surface area contributed by atoms with Gasteiger partial charge in [0.25, 0.3) is 0 Å². The fraction of sp³-hybridized carbons (Fsp3) is 0.900. The Morgan fingerprint density at radius 3 is 2.64 bits per heavy atom. The van der Waals surface area contributed by atoms with Crippen molar-refractivity contribution in [2.45, 2.75) is 43.5 Å². The van der Waals surface area contributed by atoms with Crippen LogP contribution in [-0.2, 0) is 9.53 Å². The molecular weight excluding hydrogens is 200 g/mol. The summed E-state index contributed by atoms with van der Waals surface area (Å²) in [6.45, 7) is 1.51. The molecule has 0 aromatic carbocycles. The minimum Gasteiger partial charge on any atom is -0.467 e. The van der Waals surface area contributed by atoms with Gasteiger partial charge in [-0.05, 0) is 19.8 Å². The van der Waals surface area contributed by atoms with Gasteiger partial charge in [0.15, 0.2) is 5.60 Å². The van der Waals surface area contributed by atoms with E-state index in [4.69, 9.17) is 0 Å². The van der Waals surface area contributed by atoms with E-state index >= 15 is 0 Å². The summed E-state index contributed by atoms with van der Waals surface area (Å²) < 4.78 is 4.53. The van der Waals surface area contributed by atoms with Crippen LogP contribution in [0.1, 0.15) is 32.6 Å². The van der Waals surface area contributed by atoms with E-state index in [1.807, 2.05) is 0 Å². The second-order valence-corrected chi connectivity index (χ2v) is 5.27. The lowest BCUT2D eigenvalue weighted by molar-refractivity contribution is -0.158. The summed E-state index contributed by atoms with van der Waals surface area (Å²) in [4.78, 5) is 11.2. The van der Waals surface area contributed by atoms with Gasteiger partial charge in [0.05, 0.1) is 7.11 Å². The normalized spacial score (nSPS) is 21.9. The Kier molecular flexibility index (Phi) is 4.26. The fourth-order valence-electron chi connectivity index (χ4n) is 1.61. The number of methoxy groups -OCH3 is 1. The van der Waals surface area contributed by atoms with Gasteiger partial charge in [-0.3, -0.25) is 0 Å². The Morgan fingerprint density at radius 2 is 2.14 bits per heavy atom. The molecule has 0 radical (unpaired) electrons. The quantitative estimate of drug-likeness (QED) is 0.728. The number of thioether (sulfide) groups is 1. The standard InChI is InChI=1S/C10H18O3S/c1-10(12,9(11)13-2)7-14-8-5-3-4-6-8/h8,12H,3-7H2,1-2H3. The van der Waals surface area contributed by atoms with Crippen molar-refractivity contribution in [3.8, 4) is 0 Å². The van der Waals surface area contributed by atoms with Crippen molar-refractivity contribution in [1.82, 2.24) is 0 Å². The number of rotatable bonds is 4. The van der Waals surface area contributed by atoms with Crippen molar-refractivity contribution < 1.29 is 14.6 Å². The van der Waals surface area contributed by atoms with Gasteiger partial charge in [0, 0.05) is 11.0 Å². The highest BCUT2D eigenvalue weighted by Gasteiger charge is 2.32. The first-order chi connectivity index (χ1) is 6.56. The molecule has 0 saturated heterocycles. The molecule has 0 aliphatic heterocycles. The van der Waals surface area contributed by atoms with E-state index in [1.165, 1.54) is 39.7 Å². The summed E-state index contributed by atoms with van der Waals surface area (Å²) >= 11 is 1.68. The first-order valence-corrected chi connectivity index (χ1v) is 6.03. The van der Waals surface area contributed by atoms with E-state index in [2.05, 4.69) is 4.74 Å². The minimum absolute atomic E-state index is 0.435. The van der Waals surface area contributed by atoms with Crippen LogP contribution < -0.4 is 0 Å². The predicted molar refractivity (Wildman–Crippen MR) is 57.4 cm³/mol. The molecule has 1 aliphatic rings. The third-order valence-electron chi connectivity index (χ3n) is 2.53. The van der Waals surface area contributed by atoms with Crippen LogP contribution in [0.25, 0.3) is 0 Å². The van der Waals surface area contributed by atoms with E-state index in [0.29, 0.717) is 11.0 Å². The van der Waals surface area contributed by atoms with Crippen LogP contribution in [0.3, 0.4) is 0 Å². The Balaban J connectivity index is 2.31. The molecule has 0 bridgehead atoms. The van der Waals surface area contributed by atoms with Crippen LogP contribution in [0.15, 0.2) is 0 Å². The van der Waals surface area contributed by atoms with Gasteiger partial charge in [-0.25, -0.2) is 4.79 Å². The monoisotopic (exact) mass is 218 g/mol. The zero-order chi connectivity index (χ0) is 10.6. The van der Waals surface area contributed by atoms with Crippen molar-refractivity contribution in [2.75, 3.05) is 12.9 Å². The molecule has 1 atom stereocenters. The minimum atomic E-state index is -1.33.